The number of primary amides is 1. The van der Waals surface area contributed by atoms with Crippen LogP contribution in [-0.2, 0) is 9.59 Å². The predicted octanol–water partition coefficient (Wildman–Crippen LogP) is 2.76. The third-order valence-corrected chi connectivity index (χ3v) is 4.53. The highest BCUT2D eigenvalue weighted by atomic mass is 79.9. The third-order valence-electron chi connectivity index (χ3n) is 4.00. The fourth-order valence-electron chi connectivity index (χ4n) is 2.55. The second-order valence-electron chi connectivity index (χ2n) is 6.77. The maximum Gasteiger partial charge on any atom is 0.320 e. The number of hydrogen-bond acceptors (Lipinski definition) is 3. The molecule has 1 aromatic carbocycles. The number of anilines is 1. The number of carbonyl (C=O) groups excluding carboxylic acids is 3. The Morgan fingerprint density at radius 3 is 2.23 bits per heavy atom. The summed E-state index contributed by atoms with van der Waals surface area (Å²) >= 11 is 3.33. The maximum atomic E-state index is 12.7. The van der Waals surface area contributed by atoms with Crippen LogP contribution in [0.25, 0.3) is 0 Å². The van der Waals surface area contributed by atoms with E-state index in [0.29, 0.717) is 18.5 Å². The summed E-state index contributed by atoms with van der Waals surface area (Å²) in [6.07, 6.45) is 1.08. The van der Waals surface area contributed by atoms with Gasteiger partial charge < -0.3 is 21.7 Å². The minimum absolute atomic E-state index is 0.154. The Hall–Kier alpha value is -2.09. The highest BCUT2D eigenvalue weighted by Crippen LogP contribution is 2.17. The molecule has 0 spiro atoms. The van der Waals surface area contributed by atoms with Crippen molar-refractivity contribution in [3.63, 3.8) is 0 Å². The first-order valence-corrected chi connectivity index (χ1v) is 9.33. The number of urea groups is 1. The van der Waals surface area contributed by atoms with Gasteiger partial charge in [-0.25, -0.2) is 4.79 Å². The molecule has 5 N–H and O–H groups in total. The van der Waals surface area contributed by atoms with Crippen molar-refractivity contribution >= 4 is 39.5 Å². The van der Waals surface area contributed by atoms with Crippen molar-refractivity contribution in [2.75, 3.05) is 5.32 Å². The zero-order valence-electron chi connectivity index (χ0n) is 15.6. The van der Waals surface area contributed by atoms with E-state index in [4.69, 9.17) is 5.73 Å². The van der Waals surface area contributed by atoms with E-state index in [0.717, 1.165) is 4.47 Å². The Labute approximate surface area is 162 Å². The Morgan fingerprint density at radius 2 is 1.77 bits per heavy atom. The van der Waals surface area contributed by atoms with Crippen molar-refractivity contribution in [3.8, 4) is 0 Å². The zero-order chi connectivity index (χ0) is 19.9. The van der Waals surface area contributed by atoms with Crippen molar-refractivity contribution in [2.45, 2.75) is 52.1 Å². The van der Waals surface area contributed by atoms with Crippen molar-refractivity contribution in [3.05, 3.63) is 28.7 Å². The number of hydrogen-bond donors (Lipinski definition) is 4. The molecule has 8 heteroatoms. The quantitative estimate of drug-likeness (QED) is 0.512. The summed E-state index contributed by atoms with van der Waals surface area (Å²) in [4.78, 5) is 36.6. The lowest BCUT2D eigenvalue weighted by Crippen LogP contribution is -2.61. The fourth-order valence-corrected chi connectivity index (χ4v) is 2.81. The summed E-state index contributed by atoms with van der Waals surface area (Å²) < 4.78 is 0.893. The Kier molecular flexibility index (Phi) is 8.08. The number of amides is 4. The van der Waals surface area contributed by atoms with Crippen LogP contribution in [0.3, 0.4) is 0 Å². The van der Waals surface area contributed by atoms with E-state index in [1.54, 1.807) is 45.0 Å². The van der Waals surface area contributed by atoms with Crippen LogP contribution in [0.4, 0.5) is 10.5 Å². The lowest BCUT2D eigenvalue weighted by molar-refractivity contribution is -0.132. The van der Waals surface area contributed by atoms with E-state index in [1.807, 2.05) is 6.92 Å². The molecule has 0 heterocycles. The van der Waals surface area contributed by atoms with Crippen LogP contribution in [0.1, 0.15) is 40.5 Å². The minimum atomic E-state index is -1.17. The lowest BCUT2D eigenvalue weighted by Gasteiger charge is -2.31. The first kappa shape index (κ1) is 22.0. The topological polar surface area (TPSA) is 113 Å². The molecule has 0 radical (unpaired) electrons. The van der Waals surface area contributed by atoms with E-state index in [9.17, 15) is 14.4 Å². The van der Waals surface area contributed by atoms with Crippen molar-refractivity contribution in [1.29, 1.82) is 0 Å². The molecule has 0 aliphatic heterocycles. The monoisotopic (exact) mass is 426 g/mol. The molecular formula is C18H27BrN4O3. The van der Waals surface area contributed by atoms with E-state index in [-0.39, 0.29) is 5.92 Å². The SMILES string of the molecule is CCC[C@](C)(NC(=O)Nc1ccc(Br)cc1)C(=O)N[C@H](C(N)=O)C(C)C. The van der Waals surface area contributed by atoms with Gasteiger partial charge in [-0.1, -0.05) is 43.1 Å². The average molecular weight is 427 g/mol. The summed E-state index contributed by atoms with van der Waals surface area (Å²) in [5, 5.41) is 8.06. The van der Waals surface area contributed by atoms with Crippen LogP contribution in [0.15, 0.2) is 28.7 Å². The fraction of sp³-hybridized carbons (Fsp3) is 0.500. The number of benzene rings is 1. The Balaban J connectivity index is 2.86. The Bertz CT molecular complexity index is 648. The van der Waals surface area contributed by atoms with Crippen molar-refractivity contribution in [2.24, 2.45) is 11.7 Å². The molecule has 0 fully saturated rings. The van der Waals surface area contributed by atoms with Gasteiger partial charge in [0, 0.05) is 10.2 Å². The highest BCUT2D eigenvalue weighted by molar-refractivity contribution is 9.10. The van der Waals surface area contributed by atoms with Crippen LogP contribution < -0.4 is 21.7 Å². The maximum absolute atomic E-state index is 12.7. The van der Waals surface area contributed by atoms with E-state index >= 15 is 0 Å². The van der Waals surface area contributed by atoms with Gasteiger partial charge in [0.15, 0.2) is 0 Å². The van der Waals surface area contributed by atoms with Gasteiger partial charge in [0.1, 0.15) is 11.6 Å². The number of nitrogens with two attached hydrogens (primary N) is 1. The molecule has 0 unspecified atom stereocenters. The van der Waals surface area contributed by atoms with Gasteiger partial charge in [0.05, 0.1) is 0 Å². The summed E-state index contributed by atoms with van der Waals surface area (Å²) in [5.74, 6) is -1.20. The molecule has 0 aromatic heterocycles. The molecule has 26 heavy (non-hydrogen) atoms. The molecule has 0 bridgehead atoms. The van der Waals surface area contributed by atoms with E-state index in [2.05, 4.69) is 31.9 Å². The molecule has 1 aromatic rings. The molecule has 0 saturated carbocycles. The molecule has 4 amide bonds. The largest absolute Gasteiger partial charge is 0.368 e. The number of rotatable bonds is 8. The van der Waals surface area contributed by atoms with Gasteiger partial charge in [-0.2, -0.15) is 0 Å². The first-order valence-electron chi connectivity index (χ1n) is 8.54. The smallest absolute Gasteiger partial charge is 0.320 e. The summed E-state index contributed by atoms with van der Waals surface area (Å²) in [5.41, 5.74) is 4.79. The first-order chi connectivity index (χ1) is 12.1. The number of nitrogens with one attached hydrogen (secondary N) is 3. The van der Waals surface area contributed by atoms with Gasteiger partial charge in [0.2, 0.25) is 11.8 Å². The summed E-state index contributed by atoms with van der Waals surface area (Å²) in [7, 11) is 0. The van der Waals surface area contributed by atoms with E-state index in [1.165, 1.54) is 0 Å². The lowest BCUT2D eigenvalue weighted by atomic mass is 9.93. The predicted molar refractivity (Wildman–Crippen MR) is 106 cm³/mol. The van der Waals surface area contributed by atoms with Crippen molar-refractivity contribution < 1.29 is 14.4 Å². The van der Waals surface area contributed by atoms with E-state index < -0.39 is 29.4 Å². The van der Waals surface area contributed by atoms with Gasteiger partial charge >= 0.3 is 6.03 Å². The van der Waals surface area contributed by atoms with Gasteiger partial charge in [-0.15, -0.1) is 0 Å². The zero-order valence-corrected chi connectivity index (χ0v) is 17.1. The van der Waals surface area contributed by atoms with Crippen LogP contribution in [0, 0.1) is 5.92 Å². The van der Waals surface area contributed by atoms with Crippen LogP contribution in [0.5, 0.6) is 0 Å². The average Bonchev–Trinajstić information content (AvgIpc) is 2.53. The molecular weight excluding hydrogens is 400 g/mol. The van der Waals surface area contributed by atoms with Crippen molar-refractivity contribution in [1.82, 2.24) is 10.6 Å². The van der Waals surface area contributed by atoms with Crippen LogP contribution in [0.2, 0.25) is 0 Å². The molecule has 2 atom stereocenters. The molecule has 1 rings (SSSR count). The molecule has 0 aliphatic rings. The number of carbonyl (C=O) groups is 3. The van der Waals surface area contributed by atoms with Gasteiger partial charge in [0.25, 0.3) is 0 Å². The summed E-state index contributed by atoms with van der Waals surface area (Å²) in [6, 6.07) is 5.78. The standard InChI is InChI=1S/C18H27BrN4O3/c1-5-10-18(4,16(25)22-14(11(2)3)15(20)24)23-17(26)21-13-8-6-12(19)7-9-13/h6-9,11,14H,5,10H2,1-4H3,(H2,20,24)(H,22,25)(H2,21,23,26)/t14-,18-/m0/s1. The minimum Gasteiger partial charge on any atom is -0.368 e. The molecule has 7 nitrogen and oxygen atoms in total. The van der Waals surface area contributed by atoms with Crippen LogP contribution in [-0.4, -0.2) is 29.4 Å². The summed E-state index contributed by atoms with van der Waals surface area (Å²) in [6.45, 7) is 7.13. The number of halogens is 1. The molecule has 144 valence electrons. The molecule has 0 aliphatic carbocycles. The van der Waals surface area contributed by atoms with Gasteiger partial charge in [-0.3, -0.25) is 9.59 Å². The van der Waals surface area contributed by atoms with Crippen LogP contribution >= 0.6 is 15.9 Å². The Morgan fingerprint density at radius 1 is 1.19 bits per heavy atom. The van der Waals surface area contributed by atoms with Gasteiger partial charge in [-0.05, 0) is 43.5 Å². The second kappa shape index (κ2) is 9.56. The third kappa shape index (κ3) is 6.33. The second-order valence-corrected chi connectivity index (χ2v) is 7.68. The normalized spacial score (nSPS) is 14.2. The molecule has 0 saturated heterocycles. The highest BCUT2D eigenvalue weighted by Gasteiger charge is 2.36.